The van der Waals surface area contributed by atoms with Crippen LogP contribution in [0.3, 0.4) is 0 Å². The number of unbranched alkanes of at least 4 members (excludes halogenated alkanes) is 18. The van der Waals surface area contributed by atoms with E-state index in [2.05, 4.69) is 79.9 Å². The third-order valence-corrected chi connectivity index (χ3v) is 10.3. The highest BCUT2D eigenvalue weighted by Gasteiger charge is 2.19. The van der Waals surface area contributed by atoms with Crippen molar-refractivity contribution in [2.75, 3.05) is 6.54 Å². The molecule has 0 fully saturated rings. The zero-order valence-electron chi connectivity index (χ0n) is 36.9. The number of amides is 1. The lowest BCUT2D eigenvalue weighted by atomic mass is 10.0. The predicted octanol–water partition coefficient (Wildman–Crippen LogP) is 13.7. The molecular weight excluding hydrogens is 709 g/mol. The summed E-state index contributed by atoms with van der Waals surface area (Å²) < 4.78 is 6.04. The lowest BCUT2D eigenvalue weighted by Gasteiger charge is -2.18. The quantitative estimate of drug-likeness (QED) is 0.0321. The SMILES string of the molecule is CC/C=C\C/C=C\C/C=C\C/C=C\C/C=C\CCCCCCCCCC(=O)OC(CCCCCCCCCC)CCCCCCCC(=O)NC(CCCN)C(=O)O. The maximum atomic E-state index is 12.8. The van der Waals surface area contributed by atoms with Gasteiger partial charge in [-0.25, -0.2) is 4.79 Å². The number of aliphatic carboxylic acids is 1. The van der Waals surface area contributed by atoms with Gasteiger partial charge in [-0.05, 0) is 103 Å². The third-order valence-electron chi connectivity index (χ3n) is 10.3. The Bertz CT molecular complexity index is 1080. The Hall–Kier alpha value is -2.93. The van der Waals surface area contributed by atoms with Gasteiger partial charge in [0, 0.05) is 12.8 Å². The number of hydrogen-bond acceptors (Lipinski definition) is 5. The molecule has 0 bridgehead atoms. The fraction of sp³-hybridized carbons (Fsp3) is 0.740. The van der Waals surface area contributed by atoms with Crippen LogP contribution < -0.4 is 11.1 Å². The minimum absolute atomic E-state index is 0.00723. The van der Waals surface area contributed by atoms with E-state index < -0.39 is 12.0 Å². The maximum absolute atomic E-state index is 12.8. The van der Waals surface area contributed by atoms with Crippen molar-refractivity contribution in [2.24, 2.45) is 5.73 Å². The fourth-order valence-corrected chi connectivity index (χ4v) is 6.83. The van der Waals surface area contributed by atoms with E-state index in [0.717, 1.165) is 103 Å². The number of hydrogen-bond donors (Lipinski definition) is 3. The summed E-state index contributed by atoms with van der Waals surface area (Å²) in [5.74, 6) is -1.24. The van der Waals surface area contributed by atoms with Crippen LogP contribution in [0.25, 0.3) is 0 Å². The van der Waals surface area contributed by atoms with Gasteiger partial charge in [-0.15, -0.1) is 0 Å². The van der Waals surface area contributed by atoms with Gasteiger partial charge in [0.1, 0.15) is 12.1 Å². The molecule has 0 aliphatic carbocycles. The summed E-state index contributed by atoms with van der Waals surface area (Å²) in [6.45, 7) is 4.82. The zero-order chi connectivity index (χ0) is 41.7. The molecule has 0 aromatic rings. The first kappa shape index (κ1) is 54.1. The summed E-state index contributed by atoms with van der Waals surface area (Å²) in [7, 11) is 0. The molecule has 7 heteroatoms. The van der Waals surface area contributed by atoms with Crippen molar-refractivity contribution in [3.05, 3.63) is 60.8 Å². The third kappa shape index (κ3) is 41.0. The molecule has 0 aromatic heterocycles. The Balaban J connectivity index is 4.15. The van der Waals surface area contributed by atoms with Crippen LogP contribution in [-0.4, -0.2) is 41.6 Å². The molecule has 0 heterocycles. The molecule has 7 nitrogen and oxygen atoms in total. The van der Waals surface area contributed by atoms with E-state index in [-0.39, 0.29) is 18.0 Å². The Morgan fingerprint density at radius 2 is 0.965 bits per heavy atom. The van der Waals surface area contributed by atoms with Crippen LogP contribution in [0.2, 0.25) is 0 Å². The van der Waals surface area contributed by atoms with Gasteiger partial charge < -0.3 is 20.9 Å². The normalized spacial score (nSPS) is 13.2. The van der Waals surface area contributed by atoms with Gasteiger partial charge in [-0.3, -0.25) is 9.59 Å². The summed E-state index contributed by atoms with van der Waals surface area (Å²) >= 11 is 0. The smallest absolute Gasteiger partial charge is 0.326 e. The van der Waals surface area contributed by atoms with E-state index in [1.54, 1.807) is 0 Å². The highest BCUT2D eigenvalue weighted by Crippen LogP contribution is 2.19. The van der Waals surface area contributed by atoms with Crippen molar-refractivity contribution in [3.8, 4) is 0 Å². The molecule has 2 atom stereocenters. The van der Waals surface area contributed by atoms with Crippen LogP contribution >= 0.6 is 0 Å². The molecule has 0 saturated heterocycles. The second kappa shape index (κ2) is 44.2. The van der Waals surface area contributed by atoms with Crippen molar-refractivity contribution in [3.63, 3.8) is 0 Å². The van der Waals surface area contributed by atoms with Gasteiger partial charge in [0.25, 0.3) is 0 Å². The highest BCUT2D eigenvalue weighted by molar-refractivity contribution is 5.83. The number of ether oxygens (including phenoxy) is 1. The molecule has 328 valence electrons. The molecule has 57 heavy (non-hydrogen) atoms. The maximum Gasteiger partial charge on any atom is 0.326 e. The number of carbonyl (C=O) groups excluding carboxylic acids is 2. The standard InChI is InChI=1S/C50H88N2O5/c1-3-5-7-9-11-13-14-15-16-17-18-19-20-21-22-23-24-25-26-27-29-34-38-44-49(54)57-46(40-35-31-28-12-10-8-6-4-2)41-36-32-30-33-37-43-48(53)52-47(50(55)56)42-39-45-51/h5,7,11,13,15-16,18-19,21-22,46-47H,3-4,6,8-10,12,14,17,20,23-45,51H2,1-2H3,(H,52,53)(H,55,56)/b7-5-,13-11-,16-15-,19-18-,22-21-. The lowest BCUT2D eigenvalue weighted by molar-refractivity contribution is -0.150. The van der Waals surface area contributed by atoms with Crippen molar-refractivity contribution in [2.45, 2.75) is 231 Å². The molecule has 0 radical (unpaired) electrons. The summed E-state index contributed by atoms with van der Waals surface area (Å²) in [5, 5.41) is 11.9. The minimum Gasteiger partial charge on any atom is -0.480 e. The molecule has 4 N–H and O–H groups in total. The van der Waals surface area contributed by atoms with Gasteiger partial charge in [0.05, 0.1) is 0 Å². The molecule has 0 aromatic carbocycles. The Morgan fingerprint density at radius 3 is 1.46 bits per heavy atom. The van der Waals surface area contributed by atoms with Gasteiger partial charge >= 0.3 is 11.9 Å². The molecule has 1 amide bonds. The Labute approximate surface area is 350 Å². The van der Waals surface area contributed by atoms with E-state index in [4.69, 9.17) is 10.5 Å². The molecule has 2 unspecified atom stereocenters. The molecular formula is C50H88N2O5. The second-order valence-electron chi connectivity index (χ2n) is 15.8. The number of allylic oxidation sites excluding steroid dienone is 10. The first-order valence-corrected chi connectivity index (χ1v) is 23.6. The van der Waals surface area contributed by atoms with Crippen LogP contribution in [0.15, 0.2) is 60.8 Å². The molecule has 0 spiro atoms. The van der Waals surface area contributed by atoms with Gasteiger partial charge in [-0.2, -0.15) is 0 Å². The summed E-state index contributed by atoms with van der Waals surface area (Å²) in [6.07, 6.45) is 55.6. The number of esters is 1. The predicted molar refractivity (Wildman–Crippen MR) is 243 cm³/mol. The largest absolute Gasteiger partial charge is 0.480 e. The topological polar surface area (TPSA) is 119 Å². The Morgan fingerprint density at radius 1 is 0.526 bits per heavy atom. The van der Waals surface area contributed by atoms with Crippen LogP contribution in [0.4, 0.5) is 0 Å². The van der Waals surface area contributed by atoms with Crippen molar-refractivity contribution < 1.29 is 24.2 Å². The van der Waals surface area contributed by atoms with E-state index in [9.17, 15) is 19.5 Å². The molecule has 0 aliphatic rings. The van der Waals surface area contributed by atoms with Gasteiger partial charge in [-0.1, -0.05) is 171 Å². The summed E-state index contributed by atoms with van der Waals surface area (Å²) in [6, 6.07) is -0.858. The van der Waals surface area contributed by atoms with Crippen LogP contribution in [0.5, 0.6) is 0 Å². The average molecular weight is 797 g/mol. The second-order valence-corrected chi connectivity index (χ2v) is 15.8. The number of nitrogens with two attached hydrogens (primary N) is 1. The Kier molecular flexibility index (Phi) is 41.9. The van der Waals surface area contributed by atoms with E-state index in [0.29, 0.717) is 32.2 Å². The van der Waals surface area contributed by atoms with E-state index in [1.165, 1.54) is 77.0 Å². The van der Waals surface area contributed by atoms with Crippen LogP contribution in [-0.2, 0) is 19.1 Å². The van der Waals surface area contributed by atoms with E-state index in [1.807, 2.05) is 0 Å². The monoisotopic (exact) mass is 797 g/mol. The van der Waals surface area contributed by atoms with Crippen molar-refractivity contribution in [1.82, 2.24) is 5.32 Å². The summed E-state index contributed by atoms with van der Waals surface area (Å²) in [5.41, 5.74) is 5.49. The fourth-order valence-electron chi connectivity index (χ4n) is 6.83. The minimum atomic E-state index is -1.01. The van der Waals surface area contributed by atoms with Crippen molar-refractivity contribution in [1.29, 1.82) is 0 Å². The van der Waals surface area contributed by atoms with Gasteiger partial charge in [0.2, 0.25) is 5.91 Å². The lowest BCUT2D eigenvalue weighted by Crippen LogP contribution is -2.40. The van der Waals surface area contributed by atoms with Gasteiger partial charge in [0.15, 0.2) is 0 Å². The molecule has 0 aliphatic heterocycles. The first-order chi connectivity index (χ1) is 27.9. The average Bonchev–Trinajstić information content (AvgIpc) is 3.20. The number of carbonyl (C=O) groups is 3. The number of carboxylic acid groups (broad SMARTS) is 1. The summed E-state index contributed by atoms with van der Waals surface area (Å²) in [4.78, 5) is 36.4. The number of rotatable bonds is 42. The van der Waals surface area contributed by atoms with E-state index >= 15 is 0 Å². The number of nitrogens with one attached hydrogen (secondary N) is 1. The highest BCUT2D eigenvalue weighted by atomic mass is 16.5. The number of carboxylic acids is 1. The zero-order valence-corrected chi connectivity index (χ0v) is 36.9. The molecule has 0 saturated carbocycles. The van der Waals surface area contributed by atoms with Crippen molar-refractivity contribution >= 4 is 17.8 Å². The molecule has 0 rings (SSSR count). The van der Waals surface area contributed by atoms with Crippen LogP contribution in [0, 0.1) is 0 Å². The first-order valence-electron chi connectivity index (χ1n) is 23.6. The van der Waals surface area contributed by atoms with Crippen LogP contribution in [0.1, 0.15) is 219 Å².